The summed E-state index contributed by atoms with van der Waals surface area (Å²) in [5.41, 5.74) is 3.76. The highest BCUT2D eigenvalue weighted by Crippen LogP contribution is 2.39. The number of rotatable bonds is 0. The van der Waals surface area contributed by atoms with E-state index >= 15 is 0 Å². The maximum atomic E-state index is 9.56. The number of hydrogen-bond acceptors (Lipinski definition) is 18. The molecule has 318 valence electrons. The standard InChI is InChI=1S/C30H6N12.C18N12/c1-34-16-7-22-21(6-15(16)12-33)39-27-25-26(38-20-5-14(11-32)13(10-31)4-19(20)37-25)29-30(28(27)40-22)42-24-9-18(36-3)17(35-2)8-23(24)41-29;1-22-16-9(6-21)27-12-10-11(26-8(5-20)7(4-19)25-10)14-15(13(12)28-16)30-18(24-3)17(23-2)29-14/h4-9H;. The van der Waals surface area contributed by atoms with Crippen molar-refractivity contribution in [1.82, 2.24) is 59.8 Å². The van der Waals surface area contributed by atoms with Crippen molar-refractivity contribution in [2.75, 3.05) is 0 Å². The van der Waals surface area contributed by atoms with Crippen molar-refractivity contribution in [2.24, 2.45) is 0 Å². The first-order valence-electron chi connectivity index (χ1n) is 19.6. The summed E-state index contributed by atoms with van der Waals surface area (Å²) < 4.78 is 0. The highest BCUT2D eigenvalue weighted by atomic mass is 15.0. The Labute approximate surface area is 399 Å². The zero-order valence-corrected chi connectivity index (χ0v) is 35.2. The summed E-state index contributed by atoms with van der Waals surface area (Å²) in [5, 5.41) is 56.5. The second-order valence-electron chi connectivity index (χ2n) is 14.5. The molecule has 5 aromatic carbocycles. The Kier molecular flexibility index (Phi) is 9.70. The first-order valence-corrected chi connectivity index (χ1v) is 19.6. The van der Waals surface area contributed by atoms with Crippen LogP contribution in [-0.2, 0) is 0 Å². The van der Waals surface area contributed by atoms with Gasteiger partial charge in [-0.25, -0.2) is 49.7 Å². The van der Waals surface area contributed by atoms with Crippen molar-refractivity contribution in [3.63, 3.8) is 0 Å². The Balaban J connectivity index is 0.000000176. The maximum Gasteiger partial charge on any atom is 0.307 e. The first-order chi connectivity index (χ1) is 35.1. The highest BCUT2D eigenvalue weighted by Gasteiger charge is 2.29. The number of fused-ring (bicyclic) bond motifs is 15. The minimum Gasteiger partial charge on any atom is -0.370 e. The molecule has 0 aliphatic carbocycles. The van der Waals surface area contributed by atoms with Crippen LogP contribution in [0.2, 0.25) is 0 Å². The Morgan fingerprint density at radius 1 is 0.264 bits per heavy atom. The zero-order valence-electron chi connectivity index (χ0n) is 35.2. The smallest absolute Gasteiger partial charge is 0.307 e. The molecule has 0 saturated carbocycles. The Hall–Kier alpha value is -13.2. The Morgan fingerprint density at radius 2 is 0.528 bits per heavy atom. The van der Waals surface area contributed by atoms with Crippen LogP contribution in [0.25, 0.3) is 128 Å². The monoisotopic (exact) mass is 918 g/mol. The van der Waals surface area contributed by atoms with E-state index in [1.54, 1.807) is 18.2 Å². The van der Waals surface area contributed by atoms with Crippen LogP contribution in [-0.4, -0.2) is 59.8 Å². The van der Waals surface area contributed by atoms with Gasteiger partial charge in [0.25, 0.3) is 17.2 Å². The van der Waals surface area contributed by atoms with Crippen LogP contribution in [0.1, 0.15) is 33.8 Å². The molecule has 24 heteroatoms. The summed E-state index contributed by atoms with van der Waals surface area (Å²) in [6, 6.07) is 20.2. The predicted molar refractivity (Wildman–Crippen MR) is 250 cm³/mol. The van der Waals surface area contributed by atoms with Crippen LogP contribution in [0.5, 0.6) is 0 Å². The average molecular weight is 919 g/mol. The van der Waals surface area contributed by atoms with E-state index in [2.05, 4.69) is 59.0 Å². The van der Waals surface area contributed by atoms with E-state index in [0.717, 1.165) is 0 Å². The van der Waals surface area contributed by atoms with Gasteiger partial charge in [0.1, 0.15) is 80.0 Å². The molecule has 0 aliphatic heterocycles. The lowest BCUT2D eigenvalue weighted by molar-refractivity contribution is 1.19. The molecule has 0 aliphatic rings. The third-order valence-corrected chi connectivity index (χ3v) is 10.7. The third kappa shape index (κ3) is 6.36. The minimum atomic E-state index is -0.298. The number of benzene rings is 5. The quantitative estimate of drug-likeness (QED) is 0.0777. The fraction of sp³-hybridized carbons (Fsp3) is 0. The predicted octanol–water partition coefficient (Wildman–Crippen LogP) is 9.03. The lowest BCUT2D eigenvalue weighted by Crippen LogP contribution is -2.02. The van der Waals surface area contributed by atoms with Crippen LogP contribution >= 0.6 is 0 Å². The lowest BCUT2D eigenvalue weighted by atomic mass is 10.1. The molecular formula is C48H6N24. The fourth-order valence-electron chi connectivity index (χ4n) is 7.54. The topological polar surface area (TPSA) is 324 Å². The summed E-state index contributed by atoms with van der Waals surface area (Å²) in [7, 11) is 0. The van der Waals surface area contributed by atoms with Crippen LogP contribution in [0.3, 0.4) is 0 Å². The van der Waals surface area contributed by atoms with Crippen molar-refractivity contribution in [3.05, 3.63) is 139 Å². The molecule has 0 fully saturated rings. The molecule has 72 heavy (non-hydrogen) atoms. The molecule has 0 unspecified atom stereocenters. The fourth-order valence-corrected chi connectivity index (χ4v) is 7.54. The van der Waals surface area contributed by atoms with Crippen molar-refractivity contribution in [1.29, 1.82) is 31.6 Å². The molecule has 0 atom stereocenters. The van der Waals surface area contributed by atoms with Gasteiger partial charge in [-0.3, -0.25) is 9.69 Å². The summed E-state index contributed by atoms with van der Waals surface area (Å²) >= 11 is 0. The normalized spacial score (nSPS) is 10.3. The van der Waals surface area contributed by atoms with Gasteiger partial charge in [-0.2, -0.15) is 31.6 Å². The molecule has 0 amide bonds. The molecule has 6 heterocycles. The van der Waals surface area contributed by atoms with Gasteiger partial charge in [0, 0.05) is 0 Å². The van der Waals surface area contributed by atoms with Crippen LogP contribution in [0.15, 0.2) is 36.4 Å². The van der Waals surface area contributed by atoms with Crippen molar-refractivity contribution < 1.29 is 0 Å². The summed E-state index contributed by atoms with van der Waals surface area (Å²) in [5.74, 6) is -0.890. The van der Waals surface area contributed by atoms with Crippen molar-refractivity contribution in [3.8, 4) is 36.4 Å². The molecule has 11 aromatic rings. The summed E-state index contributed by atoms with van der Waals surface area (Å²) in [6.45, 7) is 44.1. The maximum absolute atomic E-state index is 9.56. The number of nitrogens with zero attached hydrogens (tertiary/aromatic N) is 24. The minimum absolute atomic E-state index is 0.000622. The molecule has 0 spiro atoms. The van der Waals surface area contributed by atoms with Crippen LogP contribution in [0, 0.1) is 107 Å². The van der Waals surface area contributed by atoms with E-state index in [1.807, 2.05) is 18.2 Å². The van der Waals surface area contributed by atoms with E-state index in [9.17, 15) is 31.6 Å². The summed E-state index contributed by atoms with van der Waals surface area (Å²) in [6.07, 6.45) is 0. The SMILES string of the molecule is [C-]#[N+]c1cc2nc3c(nc2cc1C#N)c1nc2cc(C#N)c(C#N)cc2nc1c1nc2cc([N+]#[C-])c([N+]#[C-])cc2nc31.[C-]#[N+]c1nc2c(nc1C#N)c1nc(C#N)c(C#N)nc1c1nc([N+]#[C-])c([N+]#[C-])nc21. The van der Waals surface area contributed by atoms with Crippen LogP contribution in [0.4, 0.5) is 34.5 Å². The third-order valence-electron chi connectivity index (χ3n) is 10.7. The van der Waals surface area contributed by atoms with E-state index in [0.29, 0.717) is 60.7 Å². The van der Waals surface area contributed by atoms with Gasteiger partial charge in [-0.05, 0) is 36.4 Å². The van der Waals surface area contributed by atoms with Crippen LogP contribution < -0.4 is 0 Å². The molecule has 6 aromatic heterocycles. The second-order valence-corrected chi connectivity index (χ2v) is 14.5. The van der Waals surface area contributed by atoms with Gasteiger partial charge in [-0.1, -0.05) is 19.7 Å². The average Bonchev–Trinajstić information content (AvgIpc) is 3.43. The molecule has 24 nitrogen and oxygen atoms in total. The van der Waals surface area contributed by atoms with Gasteiger partial charge in [0.05, 0.1) is 75.6 Å². The number of hydrogen-bond donors (Lipinski definition) is 0. The van der Waals surface area contributed by atoms with E-state index in [4.69, 9.17) is 69.3 Å². The molecule has 0 radical (unpaired) electrons. The number of aromatic nitrogens is 12. The first kappa shape index (κ1) is 42.7. The number of nitriles is 6. The van der Waals surface area contributed by atoms with E-state index in [-0.39, 0.29) is 107 Å². The molecule has 0 N–H and O–H groups in total. The molecular weight excluding hydrogens is 913 g/mol. The second kappa shape index (κ2) is 16.3. The molecule has 11 rings (SSSR count). The Bertz CT molecular complexity index is 4160. The van der Waals surface area contributed by atoms with Gasteiger partial charge >= 0.3 is 5.82 Å². The van der Waals surface area contributed by atoms with Crippen molar-refractivity contribution in [2.45, 2.75) is 0 Å². The van der Waals surface area contributed by atoms with E-state index in [1.165, 1.54) is 36.4 Å². The van der Waals surface area contributed by atoms with Crippen molar-refractivity contribution >= 4 is 134 Å². The van der Waals surface area contributed by atoms with Gasteiger partial charge in [0.2, 0.25) is 16.7 Å². The molecule has 0 saturated heterocycles. The lowest BCUT2D eigenvalue weighted by Gasteiger charge is -2.11. The summed E-state index contributed by atoms with van der Waals surface area (Å²) in [4.78, 5) is 73.3. The molecule has 0 bridgehead atoms. The van der Waals surface area contributed by atoms with Gasteiger partial charge < -0.3 is 14.5 Å². The largest absolute Gasteiger partial charge is 0.370 e. The zero-order chi connectivity index (χ0) is 50.5. The van der Waals surface area contributed by atoms with Gasteiger partial charge in [-0.15, -0.1) is 15.0 Å². The Morgan fingerprint density at radius 3 is 0.833 bits per heavy atom. The highest BCUT2D eigenvalue weighted by molar-refractivity contribution is 6.22. The van der Waals surface area contributed by atoms with Gasteiger partial charge in [0.15, 0.2) is 28.5 Å². The van der Waals surface area contributed by atoms with E-state index < -0.39 is 0 Å².